The van der Waals surface area contributed by atoms with Crippen LogP contribution in [0, 0.1) is 0 Å². The lowest BCUT2D eigenvalue weighted by Gasteiger charge is -2.34. The monoisotopic (exact) mass is 402 g/mol. The number of amides is 2. The first kappa shape index (κ1) is 20.0. The first-order valence-corrected chi connectivity index (χ1v) is 9.50. The van der Waals surface area contributed by atoms with E-state index in [1.54, 1.807) is 41.2 Å². The van der Waals surface area contributed by atoms with Crippen LogP contribution in [0.4, 0.5) is 0 Å². The summed E-state index contributed by atoms with van der Waals surface area (Å²) in [5, 5.41) is 0.652. The summed E-state index contributed by atoms with van der Waals surface area (Å²) in [6.45, 7) is 1.99. The predicted molar refractivity (Wildman–Crippen MR) is 107 cm³/mol. The fourth-order valence-corrected chi connectivity index (χ4v) is 3.19. The lowest BCUT2D eigenvalue weighted by atomic mass is 10.1. The van der Waals surface area contributed by atoms with Gasteiger partial charge in [0.2, 0.25) is 5.91 Å². The maximum atomic E-state index is 12.5. The summed E-state index contributed by atoms with van der Waals surface area (Å²) in [6.07, 6.45) is 0.335. The van der Waals surface area contributed by atoms with Gasteiger partial charge in [-0.2, -0.15) is 0 Å². The average molecular weight is 403 g/mol. The number of hydrogen-bond acceptors (Lipinski definition) is 4. The summed E-state index contributed by atoms with van der Waals surface area (Å²) in [6, 6.07) is 14.5. The smallest absolute Gasteiger partial charge is 0.260 e. The van der Waals surface area contributed by atoms with Gasteiger partial charge in [-0.25, -0.2) is 0 Å². The standard InChI is InChI=1S/C21H23ClN2O4/c1-27-18-4-2-3-5-19(18)28-15-21(26)24-12-10-23(11-13-24)20(25)14-16-6-8-17(22)9-7-16/h2-9H,10-15H2,1H3. The van der Waals surface area contributed by atoms with E-state index in [4.69, 9.17) is 21.1 Å². The van der Waals surface area contributed by atoms with Gasteiger partial charge in [0, 0.05) is 31.2 Å². The number of ether oxygens (including phenoxy) is 2. The molecule has 0 radical (unpaired) electrons. The molecule has 0 aliphatic carbocycles. The van der Waals surface area contributed by atoms with E-state index >= 15 is 0 Å². The minimum Gasteiger partial charge on any atom is -0.493 e. The molecule has 7 heteroatoms. The van der Waals surface area contributed by atoms with Crippen molar-refractivity contribution in [2.75, 3.05) is 39.9 Å². The Bertz CT molecular complexity index is 817. The molecule has 1 heterocycles. The number of carbonyl (C=O) groups is 2. The molecular formula is C21H23ClN2O4. The Morgan fingerprint density at radius 3 is 2.07 bits per heavy atom. The summed E-state index contributed by atoms with van der Waals surface area (Å²) >= 11 is 5.87. The molecule has 0 saturated carbocycles. The number of benzene rings is 2. The Balaban J connectivity index is 1.45. The zero-order valence-corrected chi connectivity index (χ0v) is 16.5. The molecule has 2 aromatic rings. The molecule has 1 fully saturated rings. The molecule has 2 aromatic carbocycles. The molecular weight excluding hydrogens is 380 g/mol. The van der Waals surface area contributed by atoms with E-state index in [1.165, 1.54) is 0 Å². The van der Waals surface area contributed by atoms with Crippen LogP contribution >= 0.6 is 11.6 Å². The van der Waals surface area contributed by atoms with Crippen LogP contribution in [0.2, 0.25) is 5.02 Å². The van der Waals surface area contributed by atoms with E-state index in [1.807, 2.05) is 24.3 Å². The van der Waals surface area contributed by atoms with Crippen LogP contribution in [-0.4, -0.2) is 61.5 Å². The van der Waals surface area contributed by atoms with E-state index < -0.39 is 0 Å². The second-order valence-electron chi connectivity index (χ2n) is 6.50. The molecule has 0 N–H and O–H groups in total. The minimum atomic E-state index is -0.101. The van der Waals surface area contributed by atoms with Crippen LogP contribution in [-0.2, 0) is 16.0 Å². The van der Waals surface area contributed by atoms with Crippen molar-refractivity contribution in [1.29, 1.82) is 0 Å². The van der Waals surface area contributed by atoms with Gasteiger partial charge >= 0.3 is 0 Å². The van der Waals surface area contributed by atoms with Crippen LogP contribution in [0.25, 0.3) is 0 Å². The molecule has 1 aliphatic heterocycles. The molecule has 1 aliphatic rings. The van der Waals surface area contributed by atoms with Gasteiger partial charge in [-0.15, -0.1) is 0 Å². The summed E-state index contributed by atoms with van der Waals surface area (Å²) in [4.78, 5) is 28.4. The van der Waals surface area contributed by atoms with E-state index in [0.29, 0.717) is 49.1 Å². The van der Waals surface area contributed by atoms with E-state index in [-0.39, 0.29) is 18.4 Å². The van der Waals surface area contributed by atoms with Crippen LogP contribution in [0.1, 0.15) is 5.56 Å². The summed E-state index contributed by atoms with van der Waals surface area (Å²) in [7, 11) is 1.56. The second kappa shape index (κ2) is 9.46. The molecule has 2 amide bonds. The average Bonchev–Trinajstić information content (AvgIpc) is 2.74. The number of methoxy groups -OCH3 is 1. The highest BCUT2D eigenvalue weighted by molar-refractivity contribution is 6.30. The van der Waals surface area contributed by atoms with E-state index in [9.17, 15) is 9.59 Å². The van der Waals surface area contributed by atoms with Gasteiger partial charge in [-0.1, -0.05) is 35.9 Å². The van der Waals surface area contributed by atoms with Gasteiger partial charge in [0.1, 0.15) is 0 Å². The molecule has 3 rings (SSSR count). The Kier molecular flexibility index (Phi) is 6.76. The zero-order chi connectivity index (χ0) is 19.9. The summed E-state index contributed by atoms with van der Waals surface area (Å²) in [5.41, 5.74) is 0.929. The third-order valence-electron chi connectivity index (χ3n) is 4.67. The highest BCUT2D eigenvalue weighted by Crippen LogP contribution is 2.25. The number of carbonyl (C=O) groups excluding carboxylic acids is 2. The molecule has 0 aromatic heterocycles. The maximum Gasteiger partial charge on any atom is 0.260 e. The topological polar surface area (TPSA) is 59.1 Å². The molecule has 0 atom stereocenters. The number of piperazine rings is 1. The molecule has 0 bridgehead atoms. The SMILES string of the molecule is COc1ccccc1OCC(=O)N1CCN(C(=O)Cc2ccc(Cl)cc2)CC1. The first-order chi connectivity index (χ1) is 13.6. The largest absolute Gasteiger partial charge is 0.493 e. The predicted octanol–water partition coefficient (Wildman–Crippen LogP) is 2.64. The lowest BCUT2D eigenvalue weighted by molar-refractivity contribution is -0.140. The van der Waals surface area contributed by atoms with Crippen LogP contribution in [0.15, 0.2) is 48.5 Å². The molecule has 148 valence electrons. The van der Waals surface area contributed by atoms with E-state index in [2.05, 4.69) is 0 Å². The number of nitrogens with zero attached hydrogens (tertiary/aromatic N) is 2. The van der Waals surface area contributed by atoms with Crippen molar-refractivity contribution in [1.82, 2.24) is 9.80 Å². The molecule has 0 unspecified atom stereocenters. The first-order valence-electron chi connectivity index (χ1n) is 9.12. The van der Waals surface area contributed by atoms with Gasteiger partial charge in [-0.05, 0) is 29.8 Å². The Morgan fingerprint density at radius 2 is 1.46 bits per heavy atom. The van der Waals surface area contributed by atoms with Crippen molar-refractivity contribution >= 4 is 23.4 Å². The van der Waals surface area contributed by atoms with Crippen molar-refractivity contribution in [2.24, 2.45) is 0 Å². The van der Waals surface area contributed by atoms with Crippen molar-refractivity contribution in [3.63, 3.8) is 0 Å². The highest BCUT2D eigenvalue weighted by Gasteiger charge is 2.24. The van der Waals surface area contributed by atoms with Gasteiger partial charge in [0.05, 0.1) is 13.5 Å². The number of hydrogen-bond donors (Lipinski definition) is 0. The third kappa shape index (κ3) is 5.16. The van der Waals surface area contributed by atoms with Gasteiger partial charge in [0.15, 0.2) is 18.1 Å². The Morgan fingerprint density at radius 1 is 0.893 bits per heavy atom. The zero-order valence-electron chi connectivity index (χ0n) is 15.8. The van der Waals surface area contributed by atoms with Crippen molar-refractivity contribution in [3.8, 4) is 11.5 Å². The van der Waals surface area contributed by atoms with Crippen LogP contribution in [0.3, 0.4) is 0 Å². The third-order valence-corrected chi connectivity index (χ3v) is 4.93. The Labute approximate surface area is 169 Å². The quantitative estimate of drug-likeness (QED) is 0.745. The van der Waals surface area contributed by atoms with Gasteiger partial charge < -0.3 is 19.3 Å². The highest BCUT2D eigenvalue weighted by atomic mass is 35.5. The van der Waals surface area contributed by atoms with Crippen LogP contribution < -0.4 is 9.47 Å². The molecule has 0 spiro atoms. The fraction of sp³-hybridized carbons (Fsp3) is 0.333. The van der Waals surface area contributed by atoms with Crippen molar-refractivity contribution in [3.05, 3.63) is 59.1 Å². The van der Waals surface area contributed by atoms with Crippen molar-refractivity contribution < 1.29 is 19.1 Å². The van der Waals surface area contributed by atoms with Gasteiger partial charge in [0.25, 0.3) is 5.91 Å². The van der Waals surface area contributed by atoms with E-state index in [0.717, 1.165) is 5.56 Å². The second-order valence-corrected chi connectivity index (χ2v) is 6.94. The molecule has 1 saturated heterocycles. The number of halogens is 1. The fourth-order valence-electron chi connectivity index (χ4n) is 3.06. The van der Waals surface area contributed by atoms with Crippen molar-refractivity contribution in [2.45, 2.75) is 6.42 Å². The van der Waals surface area contributed by atoms with Crippen LogP contribution in [0.5, 0.6) is 11.5 Å². The summed E-state index contributed by atoms with van der Waals surface area (Å²) in [5.74, 6) is 1.08. The summed E-state index contributed by atoms with van der Waals surface area (Å²) < 4.78 is 10.8. The minimum absolute atomic E-state index is 0.0553. The number of rotatable bonds is 6. The maximum absolute atomic E-state index is 12.5. The van der Waals surface area contributed by atoms with Gasteiger partial charge in [-0.3, -0.25) is 9.59 Å². The molecule has 28 heavy (non-hydrogen) atoms. The molecule has 6 nitrogen and oxygen atoms in total. The lowest BCUT2D eigenvalue weighted by Crippen LogP contribution is -2.52. The normalized spacial score (nSPS) is 13.9. The Hall–Kier alpha value is -2.73. The number of para-hydroxylation sites is 2.